The first kappa shape index (κ1) is 25.3. The number of para-hydroxylation sites is 1. The number of nitrogens with zero attached hydrogens (tertiary/aromatic N) is 1. The van der Waals surface area contributed by atoms with E-state index in [2.05, 4.69) is 4.98 Å². The van der Waals surface area contributed by atoms with E-state index < -0.39 is 68.6 Å². The van der Waals surface area contributed by atoms with E-state index in [1.807, 2.05) is 0 Å². The van der Waals surface area contributed by atoms with Crippen molar-refractivity contribution in [2.75, 3.05) is 12.7 Å². The van der Waals surface area contributed by atoms with Gasteiger partial charge in [0.2, 0.25) is 0 Å². The fourth-order valence-corrected chi connectivity index (χ4v) is 5.21. The second-order valence-corrected chi connectivity index (χ2v) is 11.0. The zero-order valence-electron chi connectivity index (χ0n) is 22.1. The van der Waals surface area contributed by atoms with Crippen LogP contribution in [0.5, 0.6) is 5.75 Å². The highest BCUT2D eigenvalue weighted by molar-refractivity contribution is 7.71. The first-order valence-electron chi connectivity index (χ1n) is 12.2. The van der Waals surface area contributed by atoms with Crippen molar-refractivity contribution < 1.29 is 40.1 Å². The Labute approximate surface area is 215 Å². The molecular formula is C23H30FN2O8PS. The fraction of sp³-hybridized carbons (Fsp3) is 0.522. The minimum atomic E-state index is -4.51. The summed E-state index contributed by atoms with van der Waals surface area (Å²) in [5.41, 5.74) is -0.422. The molecule has 2 aromatic rings. The number of aliphatic hydroxyl groups is 1. The number of carbonyl (C=O) groups is 1. The Kier molecular flexibility index (Phi) is 8.28. The topological polar surface area (TPSA) is 129 Å². The molecule has 2 heterocycles. The SMILES string of the molecule is [2H]C([2H])(OP(=O)(C[C@@H](C)C(=O)OC(C)C)Oc1ccccc1)[C@@H]1O[C@H](n2cc(C)c(=S)[nH]c2=O)[C@H](F)C1O. The summed E-state index contributed by atoms with van der Waals surface area (Å²) in [5, 5.41) is 10.5. The molecule has 1 saturated heterocycles. The van der Waals surface area contributed by atoms with Crippen LogP contribution >= 0.6 is 19.8 Å². The summed E-state index contributed by atoms with van der Waals surface area (Å²) in [6.07, 6.45) is -7.95. The van der Waals surface area contributed by atoms with Crippen LogP contribution in [0.4, 0.5) is 4.39 Å². The minimum Gasteiger partial charge on any atom is -0.463 e. The van der Waals surface area contributed by atoms with Crippen molar-refractivity contribution in [2.24, 2.45) is 5.92 Å². The molecular weight excluding hydrogens is 514 g/mol. The van der Waals surface area contributed by atoms with Crippen LogP contribution in [0, 0.1) is 17.5 Å². The number of hydrogen-bond donors (Lipinski definition) is 2. The second-order valence-electron chi connectivity index (χ2n) is 8.65. The number of benzene rings is 1. The van der Waals surface area contributed by atoms with E-state index in [4.69, 9.17) is 33.5 Å². The molecule has 0 amide bonds. The molecule has 1 aliphatic rings. The first-order chi connectivity index (χ1) is 17.6. The Morgan fingerprint density at radius 3 is 2.67 bits per heavy atom. The summed E-state index contributed by atoms with van der Waals surface area (Å²) in [6.45, 7) is 3.15. The van der Waals surface area contributed by atoms with Gasteiger partial charge in [0.15, 0.2) is 12.4 Å². The quantitative estimate of drug-likeness (QED) is 0.260. The number of aliphatic hydroxyl groups excluding tert-OH is 1. The molecule has 1 aliphatic heterocycles. The number of alkyl halides is 1. The smallest absolute Gasteiger partial charge is 0.380 e. The molecule has 1 fully saturated rings. The highest BCUT2D eigenvalue weighted by Crippen LogP contribution is 2.50. The fourth-order valence-electron chi connectivity index (χ4n) is 3.36. The van der Waals surface area contributed by atoms with Crippen molar-refractivity contribution in [3.8, 4) is 5.75 Å². The zero-order valence-corrected chi connectivity index (χ0v) is 21.8. The normalized spacial score (nSPS) is 25.5. The van der Waals surface area contributed by atoms with Gasteiger partial charge in [-0.2, -0.15) is 0 Å². The van der Waals surface area contributed by atoms with Crippen LogP contribution in [0.2, 0.25) is 0 Å². The molecule has 0 bridgehead atoms. The maximum absolute atomic E-state index is 15.1. The molecule has 0 aliphatic carbocycles. The third-order valence-electron chi connectivity index (χ3n) is 5.16. The summed E-state index contributed by atoms with van der Waals surface area (Å²) >= 11 is 4.99. The molecule has 10 nitrogen and oxygen atoms in total. The van der Waals surface area contributed by atoms with Gasteiger partial charge in [-0.15, -0.1) is 0 Å². The Hall–Kier alpha value is -2.37. The minimum absolute atomic E-state index is 0.0618. The second kappa shape index (κ2) is 11.8. The lowest BCUT2D eigenvalue weighted by Gasteiger charge is -2.24. The van der Waals surface area contributed by atoms with Gasteiger partial charge in [-0.05, 0) is 32.9 Å². The molecule has 1 aromatic carbocycles. The van der Waals surface area contributed by atoms with Crippen LogP contribution in [0.3, 0.4) is 0 Å². The summed E-state index contributed by atoms with van der Waals surface area (Å²) in [7, 11) is -4.51. The summed E-state index contributed by atoms with van der Waals surface area (Å²) in [5.74, 6) is -1.68. The van der Waals surface area contributed by atoms with Gasteiger partial charge in [0.1, 0.15) is 22.6 Å². The number of ether oxygens (including phenoxy) is 2. The lowest BCUT2D eigenvalue weighted by Crippen LogP contribution is -2.34. The third kappa shape index (κ3) is 6.89. The summed E-state index contributed by atoms with van der Waals surface area (Å²) in [4.78, 5) is 27.1. The number of aromatic nitrogens is 2. The van der Waals surface area contributed by atoms with Crippen LogP contribution in [0.25, 0.3) is 0 Å². The van der Waals surface area contributed by atoms with Crippen molar-refractivity contribution >= 4 is 25.8 Å². The summed E-state index contributed by atoms with van der Waals surface area (Å²) < 4.78 is 68.1. The van der Waals surface area contributed by atoms with Crippen LogP contribution in [0.15, 0.2) is 41.3 Å². The number of H-pyrrole nitrogens is 1. The van der Waals surface area contributed by atoms with Gasteiger partial charge in [0.25, 0.3) is 0 Å². The van der Waals surface area contributed by atoms with Crippen molar-refractivity contribution in [2.45, 2.75) is 58.4 Å². The van der Waals surface area contributed by atoms with Gasteiger partial charge in [-0.1, -0.05) is 37.3 Å². The number of rotatable bonds is 10. The van der Waals surface area contributed by atoms with Crippen molar-refractivity contribution in [1.29, 1.82) is 0 Å². The molecule has 0 spiro atoms. The van der Waals surface area contributed by atoms with Gasteiger partial charge in [-0.25, -0.2) is 13.8 Å². The lowest BCUT2D eigenvalue weighted by molar-refractivity contribution is -0.151. The Bertz CT molecular complexity index is 1310. The largest absolute Gasteiger partial charge is 0.463 e. The molecule has 2 unspecified atom stereocenters. The third-order valence-corrected chi connectivity index (χ3v) is 7.45. The summed E-state index contributed by atoms with van der Waals surface area (Å²) in [6, 6.07) is 7.73. The van der Waals surface area contributed by atoms with E-state index in [-0.39, 0.29) is 10.4 Å². The van der Waals surface area contributed by atoms with Crippen LogP contribution < -0.4 is 10.2 Å². The standard InChI is InChI=1S/C23H30FN2O8PS/c1-13(2)32-22(28)15(4)12-35(30,34-16-8-6-5-7-9-16)31-11-17-19(27)18(24)21(33-17)26-10-14(3)20(36)25-23(26)29/h5-10,13,15,17-19,21,27H,11-12H2,1-4H3,(H,25,29,36)/t15-,17+,18-,19?,21+,35?/m1/s1/i11D2. The van der Waals surface area contributed by atoms with E-state index in [1.54, 1.807) is 39.0 Å². The predicted octanol–water partition coefficient (Wildman–Crippen LogP) is 3.69. The Morgan fingerprint density at radius 2 is 2.03 bits per heavy atom. The molecule has 0 saturated carbocycles. The molecule has 6 atom stereocenters. The lowest BCUT2D eigenvalue weighted by atomic mass is 10.1. The zero-order chi connectivity index (χ0) is 28.4. The Morgan fingerprint density at radius 1 is 1.36 bits per heavy atom. The maximum atomic E-state index is 15.1. The molecule has 198 valence electrons. The molecule has 13 heteroatoms. The molecule has 36 heavy (non-hydrogen) atoms. The number of carbonyl (C=O) groups excluding carboxylic acids is 1. The first-order valence-corrected chi connectivity index (χ1v) is 13.3. The van der Waals surface area contributed by atoms with Crippen LogP contribution in [-0.2, 0) is 23.4 Å². The van der Waals surface area contributed by atoms with Gasteiger partial charge in [-0.3, -0.25) is 18.9 Å². The number of aromatic amines is 1. The molecule has 0 radical (unpaired) electrons. The van der Waals surface area contributed by atoms with E-state index in [0.29, 0.717) is 5.56 Å². The number of hydrogen-bond acceptors (Lipinski definition) is 9. The Balaban J connectivity index is 1.90. The molecule has 2 N–H and O–H groups in total. The van der Waals surface area contributed by atoms with E-state index in [0.717, 1.165) is 4.57 Å². The average Bonchev–Trinajstić information content (AvgIpc) is 3.11. The number of aryl methyl sites for hydroxylation is 1. The number of halogens is 1. The monoisotopic (exact) mass is 546 g/mol. The van der Waals surface area contributed by atoms with Crippen LogP contribution in [-0.4, -0.2) is 57.8 Å². The van der Waals surface area contributed by atoms with Crippen molar-refractivity contribution in [1.82, 2.24) is 9.55 Å². The molecule has 1 aromatic heterocycles. The van der Waals surface area contributed by atoms with Gasteiger partial charge in [0, 0.05) is 11.8 Å². The maximum Gasteiger partial charge on any atom is 0.380 e. The van der Waals surface area contributed by atoms with E-state index in [1.165, 1.54) is 25.3 Å². The average molecular weight is 547 g/mol. The van der Waals surface area contributed by atoms with Gasteiger partial charge >= 0.3 is 19.3 Å². The van der Waals surface area contributed by atoms with E-state index in [9.17, 15) is 19.3 Å². The predicted molar refractivity (Wildman–Crippen MR) is 131 cm³/mol. The highest BCUT2D eigenvalue weighted by Gasteiger charge is 2.47. The van der Waals surface area contributed by atoms with Crippen LogP contribution in [0.1, 0.15) is 35.3 Å². The number of nitrogens with one attached hydrogen (secondary N) is 1. The number of esters is 1. The van der Waals surface area contributed by atoms with Gasteiger partial charge in [0.05, 0.1) is 27.5 Å². The highest BCUT2D eigenvalue weighted by atomic mass is 32.1. The van der Waals surface area contributed by atoms with Crippen molar-refractivity contribution in [3.63, 3.8) is 0 Å². The van der Waals surface area contributed by atoms with E-state index >= 15 is 4.39 Å². The molecule has 3 rings (SSSR count). The van der Waals surface area contributed by atoms with Crippen molar-refractivity contribution in [3.05, 3.63) is 57.2 Å². The van der Waals surface area contributed by atoms with Gasteiger partial charge < -0.3 is 19.1 Å².